The van der Waals surface area contributed by atoms with Crippen LogP contribution in [0.1, 0.15) is 30.5 Å². The first-order chi connectivity index (χ1) is 9.90. The minimum Gasteiger partial charge on any atom is -0.450 e. The first-order valence-corrected chi connectivity index (χ1v) is 7.25. The molecule has 0 radical (unpaired) electrons. The molecule has 0 aliphatic heterocycles. The number of aryl methyl sites for hydroxylation is 1. The van der Waals surface area contributed by atoms with Crippen LogP contribution in [-0.4, -0.2) is 17.6 Å². The molecule has 1 aliphatic rings. The van der Waals surface area contributed by atoms with E-state index in [4.69, 9.17) is 9.15 Å². The normalized spacial score (nSPS) is 14.4. The zero-order chi connectivity index (χ0) is 13.6. The second-order valence-corrected chi connectivity index (χ2v) is 5.20. The van der Waals surface area contributed by atoms with Gasteiger partial charge in [-0.3, -0.25) is 0 Å². The fourth-order valence-corrected chi connectivity index (χ4v) is 2.05. The van der Waals surface area contributed by atoms with Crippen molar-refractivity contribution >= 4 is 0 Å². The fraction of sp³-hybridized carbons (Fsp3) is 0.438. The maximum atomic E-state index is 5.53. The van der Waals surface area contributed by atoms with Crippen molar-refractivity contribution in [1.29, 1.82) is 0 Å². The highest BCUT2D eigenvalue weighted by Gasteiger charge is 2.20. The topological polar surface area (TPSA) is 47.3 Å². The van der Waals surface area contributed by atoms with Gasteiger partial charge in [-0.1, -0.05) is 30.3 Å². The molecule has 0 spiro atoms. The molecular weight excluding hydrogens is 252 g/mol. The summed E-state index contributed by atoms with van der Waals surface area (Å²) in [5.41, 5.74) is 2.24. The Morgan fingerprint density at radius 2 is 2.10 bits per heavy atom. The highest BCUT2D eigenvalue weighted by atomic mass is 16.6. The number of aromatic nitrogens is 1. The molecule has 0 bridgehead atoms. The van der Waals surface area contributed by atoms with Crippen molar-refractivity contribution in [2.75, 3.05) is 6.61 Å². The molecule has 0 amide bonds. The third kappa shape index (κ3) is 4.10. The lowest BCUT2D eigenvalue weighted by atomic mass is 10.1. The molecule has 0 unspecified atom stereocenters. The molecule has 1 aromatic carbocycles. The molecule has 1 aliphatic carbocycles. The molecule has 20 heavy (non-hydrogen) atoms. The van der Waals surface area contributed by atoms with Gasteiger partial charge in [0.15, 0.2) is 0 Å². The van der Waals surface area contributed by atoms with Gasteiger partial charge in [-0.25, -0.2) is 0 Å². The lowest BCUT2D eigenvalue weighted by Gasteiger charge is -2.01. The fourth-order valence-electron chi connectivity index (χ4n) is 2.05. The highest BCUT2D eigenvalue weighted by molar-refractivity contribution is 5.14. The van der Waals surface area contributed by atoms with E-state index < -0.39 is 0 Å². The molecule has 0 atom stereocenters. The number of oxazole rings is 1. The number of nitrogens with zero attached hydrogens (tertiary/aromatic N) is 1. The van der Waals surface area contributed by atoms with E-state index in [0.717, 1.165) is 25.1 Å². The molecule has 3 rings (SSSR count). The summed E-state index contributed by atoms with van der Waals surface area (Å²) < 4.78 is 10.8. The molecule has 1 aromatic heterocycles. The van der Waals surface area contributed by atoms with Crippen LogP contribution in [0.3, 0.4) is 0 Å². The van der Waals surface area contributed by atoms with Gasteiger partial charge in [-0.05, 0) is 31.2 Å². The van der Waals surface area contributed by atoms with E-state index >= 15 is 0 Å². The Hall–Kier alpha value is -1.81. The van der Waals surface area contributed by atoms with E-state index in [2.05, 4.69) is 34.6 Å². The Morgan fingerprint density at radius 3 is 2.90 bits per heavy atom. The van der Waals surface area contributed by atoms with Crippen LogP contribution in [0.4, 0.5) is 0 Å². The van der Waals surface area contributed by atoms with Crippen LogP contribution in [0.2, 0.25) is 0 Å². The second kappa shape index (κ2) is 6.57. The van der Waals surface area contributed by atoms with E-state index in [9.17, 15) is 0 Å². The summed E-state index contributed by atoms with van der Waals surface area (Å²) in [5.74, 6) is 0. The smallest absolute Gasteiger partial charge is 0.393 e. The van der Waals surface area contributed by atoms with Crippen molar-refractivity contribution in [3.05, 3.63) is 47.9 Å². The minimum absolute atomic E-state index is 0.380. The molecule has 1 heterocycles. The van der Waals surface area contributed by atoms with Crippen molar-refractivity contribution in [2.45, 2.75) is 38.3 Å². The quantitative estimate of drug-likeness (QED) is 0.751. The highest BCUT2D eigenvalue weighted by Crippen LogP contribution is 2.19. The summed E-state index contributed by atoms with van der Waals surface area (Å²) in [4.78, 5) is 4.30. The summed E-state index contributed by atoms with van der Waals surface area (Å²) in [6, 6.07) is 11.1. The standard InChI is InChI=1S/C16H20N2O2/c1-2-5-13(6-3-1)7-4-10-19-16-18-15(12-20-16)11-17-14-8-9-14/h1-3,5-6,12,14,17H,4,7-11H2. The van der Waals surface area contributed by atoms with Crippen LogP contribution in [0.5, 0.6) is 6.08 Å². The summed E-state index contributed by atoms with van der Waals surface area (Å²) in [6.07, 6.45) is 6.58. The Labute approximate surface area is 119 Å². The van der Waals surface area contributed by atoms with Gasteiger partial charge in [0, 0.05) is 12.6 Å². The van der Waals surface area contributed by atoms with Crippen molar-refractivity contribution in [3.8, 4) is 6.08 Å². The lowest BCUT2D eigenvalue weighted by Crippen LogP contribution is -2.15. The predicted octanol–water partition coefficient (Wildman–Crippen LogP) is 2.94. The van der Waals surface area contributed by atoms with Gasteiger partial charge in [0.25, 0.3) is 0 Å². The molecule has 1 N–H and O–H groups in total. The molecule has 106 valence electrons. The minimum atomic E-state index is 0.380. The third-order valence-electron chi connectivity index (χ3n) is 3.36. The molecule has 1 fully saturated rings. The van der Waals surface area contributed by atoms with E-state index in [0.29, 0.717) is 18.7 Å². The van der Waals surface area contributed by atoms with Crippen molar-refractivity contribution in [1.82, 2.24) is 10.3 Å². The Balaban J connectivity index is 1.35. The van der Waals surface area contributed by atoms with Gasteiger partial charge < -0.3 is 14.5 Å². The van der Waals surface area contributed by atoms with Gasteiger partial charge in [0.05, 0.1) is 12.3 Å². The van der Waals surface area contributed by atoms with Crippen molar-refractivity contribution < 1.29 is 9.15 Å². The van der Waals surface area contributed by atoms with E-state index in [-0.39, 0.29) is 0 Å². The van der Waals surface area contributed by atoms with Crippen LogP contribution in [0.25, 0.3) is 0 Å². The predicted molar refractivity (Wildman–Crippen MR) is 76.6 cm³/mol. The van der Waals surface area contributed by atoms with Crippen molar-refractivity contribution in [2.24, 2.45) is 0 Å². The van der Waals surface area contributed by atoms with Crippen LogP contribution in [0.15, 0.2) is 41.0 Å². The first-order valence-electron chi connectivity index (χ1n) is 7.25. The van der Waals surface area contributed by atoms with E-state index in [1.165, 1.54) is 18.4 Å². The molecular formula is C16H20N2O2. The van der Waals surface area contributed by atoms with E-state index in [1.807, 2.05) is 6.07 Å². The summed E-state index contributed by atoms with van der Waals surface area (Å²) in [6.45, 7) is 1.40. The third-order valence-corrected chi connectivity index (χ3v) is 3.36. The average Bonchev–Trinajstić information content (AvgIpc) is 3.21. The van der Waals surface area contributed by atoms with Crippen LogP contribution >= 0.6 is 0 Å². The lowest BCUT2D eigenvalue weighted by molar-refractivity contribution is 0.227. The van der Waals surface area contributed by atoms with Gasteiger partial charge >= 0.3 is 6.08 Å². The molecule has 4 nitrogen and oxygen atoms in total. The Morgan fingerprint density at radius 1 is 1.25 bits per heavy atom. The molecule has 2 aromatic rings. The number of rotatable bonds is 8. The number of hydrogen-bond donors (Lipinski definition) is 1. The van der Waals surface area contributed by atoms with Gasteiger partial charge in [-0.15, -0.1) is 0 Å². The van der Waals surface area contributed by atoms with Gasteiger partial charge in [-0.2, -0.15) is 4.98 Å². The van der Waals surface area contributed by atoms with Gasteiger partial charge in [0.1, 0.15) is 6.26 Å². The summed E-state index contributed by atoms with van der Waals surface area (Å²) >= 11 is 0. The summed E-state index contributed by atoms with van der Waals surface area (Å²) in [5, 5.41) is 3.40. The van der Waals surface area contributed by atoms with Gasteiger partial charge in [0.2, 0.25) is 0 Å². The van der Waals surface area contributed by atoms with Crippen LogP contribution in [0, 0.1) is 0 Å². The Kier molecular flexibility index (Phi) is 4.33. The first kappa shape index (κ1) is 13.2. The number of ether oxygens (including phenoxy) is 1. The van der Waals surface area contributed by atoms with Crippen molar-refractivity contribution in [3.63, 3.8) is 0 Å². The maximum Gasteiger partial charge on any atom is 0.393 e. The number of benzene rings is 1. The monoisotopic (exact) mass is 272 g/mol. The van der Waals surface area contributed by atoms with Crippen LogP contribution < -0.4 is 10.1 Å². The Bertz CT molecular complexity index is 520. The van der Waals surface area contributed by atoms with Crippen LogP contribution in [-0.2, 0) is 13.0 Å². The SMILES string of the molecule is c1ccc(CCCOc2nc(CNC3CC3)co2)cc1. The number of hydrogen-bond acceptors (Lipinski definition) is 4. The molecule has 1 saturated carbocycles. The zero-order valence-electron chi connectivity index (χ0n) is 11.5. The maximum absolute atomic E-state index is 5.53. The second-order valence-electron chi connectivity index (χ2n) is 5.20. The largest absolute Gasteiger partial charge is 0.450 e. The average molecular weight is 272 g/mol. The molecule has 0 saturated heterocycles. The molecule has 4 heteroatoms. The zero-order valence-corrected chi connectivity index (χ0v) is 11.5. The number of nitrogens with one attached hydrogen (secondary N) is 1. The summed E-state index contributed by atoms with van der Waals surface area (Å²) in [7, 11) is 0. The van der Waals surface area contributed by atoms with E-state index in [1.54, 1.807) is 6.26 Å².